The predicted molar refractivity (Wildman–Crippen MR) is 92.5 cm³/mol. The zero-order valence-electron chi connectivity index (χ0n) is 13.5. The Bertz CT molecular complexity index is 707. The maximum atomic E-state index is 12.7. The van der Waals surface area contributed by atoms with Crippen molar-refractivity contribution in [1.82, 2.24) is 4.90 Å². The van der Waals surface area contributed by atoms with Gasteiger partial charge < -0.3 is 9.80 Å². The predicted octanol–water partition coefficient (Wildman–Crippen LogP) is 3.24. The van der Waals surface area contributed by atoms with Crippen molar-refractivity contribution < 1.29 is 9.59 Å². The summed E-state index contributed by atoms with van der Waals surface area (Å²) in [5.41, 5.74) is 2.00. The topological polar surface area (TPSA) is 40.6 Å². The maximum absolute atomic E-state index is 12.7. The summed E-state index contributed by atoms with van der Waals surface area (Å²) in [5.74, 6) is -0.323. The number of carbonyl (C=O) groups is 2. The van der Waals surface area contributed by atoms with Crippen LogP contribution in [0, 0.1) is 12.8 Å². The van der Waals surface area contributed by atoms with Gasteiger partial charge in [-0.2, -0.15) is 0 Å². The van der Waals surface area contributed by atoms with E-state index >= 15 is 0 Å². The van der Waals surface area contributed by atoms with Gasteiger partial charge in [-0.15, -0.1) is 11.3 Å². The largest absolute Gasteiger partial charge is 0.348 e. The highest BCUT2D eigenvalue weighted by Crippen LogP contribution is 2.43. The maximum Gasteiger partial charge on any atom is 0.228 e. The highest BCUT2D eigenvalue weighted by Gasteiger charge is 2.46. The molecule has 2 amide bonds. The summed E-state index contributed by atoms with van der Waals surface area (Å²) in [6.45, 7) is 2.02. The van der Waals surface area contributed by atoms with Crippen LogP contribution in [0.3, 0.4) is 0 Å². The van der Waals surface area contributed by atoms with E-state index < -0.39 is 0 Å². The minimum absolute atomic E-state index is 0.00589. The third-order valence-electron chi connectivity index (χ3n) is 4.23. The molecule has 1 aromatic heterocycles. The molecule has 23 heavy (non-hydrogen) atoms. The molecule has 1 aliphatic heterocycles. The molecule has 0 spiro atoms. The minimum atomic E-state index is -0.336. The number of hydrogen-bond donors (Lipinski definition) is 0. The van der Waals surface area contributed by atoms with Gasteiger partial charge in [-0.1, -0.05) is 23.8 Å². The lowest BCUT2D eigenvalue weighted by Gasteiger charge is -2.28. The third kappa shape index (κ3) is 2.88. The van der Waals surface area contributed by atoms with Gasteiger partial charge in [-0.05, 0) is 30.5 Å². The molecule has 0 radical (unpaired) electrons. The first kappa shape index (κ1) is 15.7. The molecule has 0 saturated carbocycles. The van der Waals surface area contributed by atoms with Crippen LogP contribution in [0.15, 0.2) is 41.8 Å². The van der Waals surface area contributed by atoms with Crippen LogP contribution in [0.5, 0.6) is 0 Å². The summed E-state index contributed by atoms with van der Waals surface area (Å²) in [6, 6.07) is 11.6. The van der Waals surface area contributed by atoms with Gasteiger partial charge in [-0.25, -0.2) is 0 Å². The minimum Gasteiger partial charge on any atom is -0.348 e. The SMILES string of the molecule is Cc1ccc(N2C(=O)C[C@H](C(=O)N(C)C)[C@H]2c2cccs2)cc1. The van der Waals surface area contributed by atoms with Crippen molar-refractivity contribution in [3.63, 3.8) is 0 Å². The molecule has 120 valence electrons. The third-order valence-corrected chi connectivity index (χ3v) is 5.17. The van der Waals surface area contributed by atoms with Crippen LogP contribution < -0.4 is 4.90 Å². The van der Waals surface area contributed by atoms with E-state index in [9.17, 15) is 9.59 Å². The second-order valence-corrected chi connectivity index (χ2v) is 7.08. The van der Waals surface area contributed by atoms with Gasteiger partial charge in [0, 0.05) is 31.1 Å². The lowest BCUT2D eigenvalue weighted by molar-refractivity contribution is -0.134. The van der Waals surface area contributed by atoms with Gasteiger partial charge in [0.2, 0.25) is 11.8 Å². The van der Waals surface area contributed by atoms with Crippen molar-refractivity contribution in [2.75, 3.05) is 19.0 Å². The zero-order chi connectivity index (χ0) is 16.6. The number of aryl methyl sites for hydroxylation is 1. The molecular formula is C18H20N2O2S. The second-order valence-electron chi connectivity index (χ2n) is 6.10. The molecule has 0 N–H and O–H groups in total. The Balaban J connectivity index is 2.04. The summed E-state index contributed by atoms with van der Waals surface area (Å²) in [6.07, 6.45) is 0.257. The fraction of sp³-hybridized carbons (Fsp3) is 0.333. The molecule has 0 unspecified atom stereocenters. The van der Waals surface area contributed by atoms with Gasteiger partial charge in [0.1, 0.15) is 0 Å². The Hall–Kier alpha value is -2.14. The Morgan fingerprint density at radius 2 is 1.91 bits per heavy atom. The molecule has 0 aliphatic carbocycles. The summed E-state index contributed by atoms with van der Waals surface area (Å²) < 4.78 is 0. The van der Waals surface area contributed by atoms with Gasteiger partial charge >= 0.3 is 0 Å². The molecule has 3 rings (SSSR count). The molecule has 2 aromatic rings. The van der Waals surface area contributed by atoms with Gasteiger partial charge in [0.05, 0.1) is 12.0 Å². The molecule has 1 aliphatic rings. The highest BCUT2D eigenvalue weighted by atomic mass is 32.1. The van der Waals surface area contributed by atoms with Crippen molar-refractivity contribution in [3.8, 4) is 0 Å². The zero-order valence-corrected chi connectivity index (χ0v) is 14.3. The van der Waals surface area contributed by atoms with E-state index in [0.29, 0.717) is 0 Å². The van der Waals surface area contributed by atoms with Gasteiger partial charge in [0.15, 0.2) is 0 Å². The summed E-state index contributed by atoms with van der Waals surface area (Å²) >= 11 is 1.59. The molecule has 2 heterocycles. The average Bonchev–Trinajstić information content (AvgIpc) is 3.14. The lowest BCUT2D eigenvalue weighted by Crippen LogP contribution is -2.34. The Morgan fingerprint density at radius 1 is 1.22 bits per heavy atom. The summed E-state index contributed by atoms with van der Waals surface area (Å²) in [4.78, 5) is 29.7. The molecule has 0 bridgehead atoms. The number of benzene rings is 1. The van der Waals surface area contributed by atoms with Crippen molar-refractivity contribution in [1.29, 1.82) is 0 Å². The van der Waals surface area contributed by atoms with Crippen LogP contribution in [-0.2, 0) is 9.59 Å². The number of amides is 2. The monoisotopic (exact) mass is 328 g/mol. The average molecular weight is 328 g/mol. The smallest absolute Gasteiger partial charge is 0.228 e. The quantitative estimate of drug-likeness (QED) is 0.868. The van der Waals surface area contributed by atoms with Gasteiger partial charge in [-0.3, -0.25) is 9.59 Å². The van der Waals surface area contributed by atoms with Crippen molar-refractivity contribution in [3.05, 3.63) is 52.2 Å². The van der Waals surface area contributed by atoms with Crippen LogP contribution in [0.1, 0.15) is 22.9 Å². The van der Waals surface area contributed by atoms with Crippen LogP contribution in [0.25, 0.3) is 0 Å². The number of nitrogens with zero attached hydrogens (tertiary/aromatic N) is 2. The summed E-state index contributed by atoms with van der Waals surface area (Å²) in [7, 11) is 3.49. The van der Waals surface area contributed by atoms with Crippen molar-refractivity contribution in [2.24, 2.45) is 5.92 Å². The molecule has 4 nitrogen and oxygen atoms in total. The van der Waals surface area contributed by atoms with E-state index in [1.807, 2.05) is 48.7 Å². The molecular weight excluding hydrogens is 308 g/mol. The Morgan fingerprint density at radius 3 is 2.48 bits per heavy atom. The molecule has 2 atom stereocenters. The van der Waals surface area contributed by atoms with Crippen molar-refractivity contribution in [2.45, 2.75) is 19.4 Å². The highest BCUT2D eigenvalue weighted by molar-refractivity contribution is 7.10. The van der Waals surface area contributed by atoms with Crippen LogP contribution in [0.4, 0.5) is 5.69 Å². The Labute approximate surface area is 140 Å². The number of rotatable bonds is 3. The van der Waals surface area contributed by atoms with Crippen LogP contribution in [-0.4, -0.2) is 30.8 Å². The normalized spacial score (nSPS) is 20.8. The molecule has 5 heteroatoms. The Kier molecular flexibility index (Phi) is 4.22. The summed E-state index contributed by atoms with van der Waals surface area (Å²) in [5, 5.41) is 1.99. The van der Waals surface area contributed by atoms with Gasteiger partial charge in [0.25, 0.3) is 0 Å². The standard InChI is InChI=1S/C18H20N2O2S/c1-12-6-8-13(9-7-12)20-16(21)11-14(18(22)19(2)3)17(20)15-5-4-10-23-15/h4-10,14,17H,11H2,1-3H3/t14-,17-/m0/s1. The van der Waals surface area contributed by atoms with Crippen LogP contribution in [0.2, 0.25) is 0 Å². The van der Waals surface area contributed by atoms with E-state index in [0.717, 1.165) is 16.1 Å². The van der Waals surface area contributed by atoms with Crippen molar-refractivity contribution >= 4 is 28.8 Å². The first-order chi connectivity index (χ1) is 11.0. The first-order valence-corrected chi connectivity index (χ1v) is 8.50. The van der Waals surface area contributed by atoms with E-state index in [1.54, 1.807) is 35.2 Å². The second kappa shape index (κ2) is 6.16. The molecule has 1 aromatic carbocycles. The lowest BCUT2D eigenvalue weighted by atomic mass is 9.97. The molecule has 1 saturated heterocycles. The first-order valence-electron chi connectivity index (χ1n) is 7.62. The number of carbonyl (C=O) groups excluding carboxylic acids is 2. The molecule has 1 fully saturated rings. The van der Waals surface area contributed by atoms with E-state index in [2.05, 4.69) is 0 Å². The number of anilines is 1. The fourth-order valence-electron chi connectivity index (χ4n) is 3.08. The fourth-order valence-corrected chi connectivity index (χ4v) is 3.96. The van der Waals surface area contributed by atoms with Crippen LogP contribution >= 0.6 is 11.3 Å². The van der Waals surface area contributed by atoms with E-state index in [-0.39, 0.29) is 30.2 Å². The number of thiophene rings is 1. The van der Waals surface area contributed by atoms with E-state index in [4.69, 9.17) is 0 Å². The number of hydrogen-bond acceptors (Lipinski definition) is 3. The van der Waals surface area contributed by atoms with E-state index in [1.165, 1.54) is 0 Å².